The molecule has 0 radical (unpaired) electrons. The molecule has 33 heavy (non-hydrogen) atoms. The zero-order chi connectivity index (χ0) is 22.8. The summed E-state index contributed by atoms with van der Waals surface area (Å²) in [5, 5.41) is 6.85. The second-order valence-corrected chi connectivity index (χ2v) is 7.92. The highest BCUT2D eigenvalue weighted by atomic mass is 127. The summed E-state index contributed by atoms with van der Waals surface area (Å²) in [5.74, 6) is 0.684. The minimum Gasteiger partial charge on any atom is -0.484 e. The maximum absolute atomic E-state index is 13.1. The molecule has 180 valence electrons. The number of ether oxygens (including phenoxy) is 1. The third kappa shape index (κ3) is 9.55. The second-order valence-electron chi connectivity index (χ2n) is 7.92. The largest absolute Gasteiger partial charge is 0.484 e. The molecule has 1 fully saturated rings. The number of nitrogens with zero attached hydrogens (tertiary/aromatic N) is 2. The van der Waals surface area contributed by atoms with Crippen molar-refractivity contribution in [3.05, 3.63) is 65.5 Å². The third-order valence-electron chi connectivity index (χ3n) is 5.29. The maximum Gasteiger partial charge on any atom is 0.255 e. The zero-order valence-corrected chi connectivity index (χ0v) is 21.3. The van der Waals surface area contributed by atoms with Crippen molar-refractivity contribution >= 4 is 35.8 Å². The van der Waals surface area contributed by atoms with Gasteiger partial charge in [0.25, 0.3) is 5.91 Å². The lowest BCUT2D eigenvalue weighted by Gasteiger charge is -2.33. The number of benzene rings is 2. The van der Waals surface area contributed by atoms with E-state index in [4.69, 9.17) is 15.5 Å². The van der Waals surface area contributed by atoms with E-state index < -0.39 is 5.91 Å². The van der Waals surface area contributed by atoms with Crippen LogP contribution in [0.2, 0.25) is 0 Å². The molecule has 9 heteroatoms. The molecule has 2 aromatic rings. The highest BCUT2D eigenvalue weighted by molar-refractivity contribution is 14.0. The summed E-state index contributed by atoms with van der Waals surface area (Å²) in [6.07, 6.45) is 2.03. The number of likely N-dealkylation sites (tertiary alicyclic amines) is 1. The van der Waals surface area contributed by atoms with Crippen LogP contribution in [-0.4, -0.2) is 49.0 Å². The summed E-state index contributed by atoms with van der Waals surface area (Å²) in [6, 6.07) is 14.6. The normalized spacial score (nSPS) is 14.9. The molecule has 0 aromatic heterocycles. The number of piperidine rings is 1. The lowest BCUT2D eigenvalue weighted by molar-refractivity contribution is -0.119. The number of aliphatic imine (C=N–C) groups is 1. The predicted octanol–water partition coefficient (Wildman–Crippen LogP) is 3.03. The van der Waals surface area contributed by atoms with Crippen LogP contribution in [0.4, 0.5) is 4.39 Å². The van der Waals surface area contributed by atoms with Gasteiger partial charge in [-0.15, -0.1) is 24.0 Å². The summed E-state index contributed by atoms with van der Waals surface area (Å²) in [4.78, 5) is 18.0. The van der Waals surface area contributed by atoms with Gasteiger partial charge in [0.2, 0.25) is 0 Å². The Hall–Kier alpha value is -2.40. The number of nitrogens with two attached hydrogens (primary N) is 1. The molecule has 0 unspecified atom stereocenters. The summed E-state index contributed by atoms with van der Waals surface area (Å²) < 4.78 is 18.5. The van der Waals surface area contributed by atoms with Gasteiger partial charge in [-0.2, -0.15) is 0 Å². The van der Waals surface area contributed by atoms with Gasteiger partial charge in [-0.3, -0.25) is 9.69 Å². The fourth-order valence-electron chi connectivity index (χ4n) is 3.66. The second kappa shape index (κ2) is 14.0. The number of nitrogens with one attached hydrogen (secondary N) is 2. The van der Waals surface area contributed by atoms with Crippen molar-refractivity contribution in [2.24, 2.45) is 10.7 Å². The first kappa shape index (κ1) is 26.8. The molecule has 1 amide bonds. The van der Waals surface area contributed by atoms with Gasteiger partial charge in [-0.05, 0) is 55.2 Å². The van der Waals surface area contributed by atoms with E-state index in [2.05, 4.69) is 15.5 Å². The van der Waals surface area contributed by atoms with E-state index in [-0.39, 0.29) is 36.4 Å². The van der Waals surface area contributed by atoms with E-state index in [9.17, 15) is 9.18 Å². The number of amides is 1. The van der Waals surface area contributed by atoms with Crippen molar-refractivity contribution in [3.63, 3.8) is 0 Å². The highest BCUT2D eigenvalue weighted by Crippen LogP contribution is 2.16. The van der Waals surface area contributed by atoms with Crippen LogP contribution in [0.25, 0.3) is 0 Å². The minimum absolute atomic E-state index is 0. The Kier molecular flexibility index (Phi) is 11.4. The van der Waals surface area contributed by atoms with E-state index >= 15 is 0 Å². The van der Waals surface area contributed by atoms with E-state index in [1.54, 1.807) is 6.07 Å². The molecule has 7 nitrogen and oxygen atoms in total. The van der Waals surface area contributed by atoms with Gasteiger partial charge in [0.1, 0.15) is 11.6 Å². The van der Waals surface area contributed by atoms with Gasteiger partial charge >= 0.3 is 0 Å². The van der Waals surface area contributed by atoms with Crippen molar-refractivity contribution in [2.45, 2.75) is 38.9 Å². The number of hydrogen-bond acceptors (Lipinski definition) is 4. The molecule has 0 saturated carbocycles. The molecule has 3 rings (SSSR count). The molecule has 0 atom stereocenters. The van der Waals surface area contributed by atoms with Crippen LogP contribution in [0, 0.1) is 5.82 Å². The molecular formula is C24H33FIN5O2. The average molecular weight is 569 g/mol. The Labute approximate surface area is 212 Å². The lowest BCUT2D eigenvalue weighted by Crippen LogP contribution is -2.48. The molecule has 1 heterocycles. The number of guanidine groups is 1. The smallest absolute Gasteiger partial charge is 0.255 e. The molecule has 1 saturated heterocycles. The molecule has 4 N–H and O–H groups in total. The lowest BCUT2D eigenvalue weighted by atomic mass is 10.0. The first-order chi connectivity index (χ1) is 15.5. The van der Waals surface area contributed by atoms with Crippen molar-refractivity contribution in [1.82, 2.24) is 15.5 Å². The SMILES string of the molecule is CCNC(=NCc1cccc(OCC(N)=O)c1)NC1CCN(Cc2ccc(F)cc2)CC1.I. The van der Waals surface area contributed by atoms with Crippen LogP contribution in [-0.2, 0) is 17.9 Å². The number of halogens is 2. The van der Waals surface area contributed by atoms with Gasteiger partial charge in [-0.25, -0.2) is 9.38 Å². The van der Waals surface area contributed by atoms with Crippen LogP contribution in [0.5, 0.6) is 5.75 Å². The van der Waals surface area contributed by atoms with Crippen molar-refractivity contribution in [1.29, 1.82) is 0 Å². The minimum atomic E-state index is -0.504. The molecule has 0 aliphatic carbocycles. The molecule has 0 bridgehead atoms. The van der Waals surface area contributed by atoms with Gasteiger partial charge in [0.15, 0.2) is 12.6 Å². The number of hydrogen-bond donors (Lipinski definition) is 3. The average Bonchev–Trinajstić information content (AvgIpc) is 2.79. The number of carbonyl (C=O) groups is 1. The number of primary amides is 1. The fourth-order valence-corrected chi connectivity index (χ4v) is 3.66. The Bertz CT molecular complexity index is 902. The highest BCUT2D eigenvalue weighted by Gasteiger charge is 2.20. The molecule has 2 aromatic carbocycles. The predicted molar refractivity (Wildman–Crippen MR) is 139 cm³/mol. The van der Waals surface area contributed by atoms with E-state index in [0.29, 0.717) is 18.3 Å². The van der Waals surface area contributed by atoms with Crippen LogP contribution >= 0.6 is 24.0 Å². The summed E-state index contributed by atoms with van der Waals surface area (Å²) >= 11 is 0. The molecule has 1 aliphatic rings. The van der Waals surface area contributed by atoms with Crippen LogP contribution in [0.15, 0.2) is 53.5 Å². The monoisotopic (exact) mass is 569 g/mol. The van der Waals surface area contributed by atoms with E-state index in [1.165, 1.54) is 12.1 Å². The summed E-state index contributed by atoms with van der Waals surface area (Å²) in [5.41, 5.74) is 7.25. The first-order valence-corrected chi connectivity index (χ1v) is 11.0. The Morgan fingerprint density at radius 3 is 2.58 bits per heavy atom. The van der Waals surface area contributed by atoms with Crippen molar-refractivity contribution in [2.75, 3.05) is 26.2 Å². The Morgan fingerprint density at radius 2 is 1.91 bits per heavy atom. The van der Waals surface area contributed by atoms with Crippen LogP contribution < -0.4 is 21.1 Å². The fraction of sp³-hybridized carbons (Fsp3) is 0.417. The maximum atomic E-state index is 13.1. The van der Waals surface area contributed by atoms with Gasteiger partial charge in [0, 0.05) is 32.2 Å². The first-order valence-electron chi connectivity index (χ1n) is 11.0. The zero-order valence-electron chi connectivity index (χ0n) is 18.9. The van der Waals surface area contributed by atoms with Gasteiger partial charge < -0.3 is 21.1 Å². The van der Waals surface area contributed by atoms with Gasteiger partial charge in [-0.1, -0.05) is 24.3 Å². The number of carbonyl (C=O) groups excluding carboxylic acids is 1. The summed E-state index contributed by atoms with van der Waals surface area (Å²) in [7, 11) is 0. The molecular weight excluding hydrogens is 536 g/mol. The van der Waals surface area contributed by atoms with E-state index in [1.807, 2.05) is 37.3 Å². The van der Waals surface area contributed by atoms with Crippen molar-refractivity contribution in [3.8, 4) is 5.75 Å². The van der Waals surface area contributed by atoms with Crippen LogP contribution in [0.1, 0.15) is 30.9 Å². The molecule has 1 aliphatic heterocycles. The third-order valence-corrected chi connectivity index (χ3v) is 5.29. The topological polar surface area (TPSA) is 92.0 Å². The Balaban J connectivity index is 0.00000385. The Morgan fingerprint density at radius 1 is 1.18 bits per heavy atom. The van der Waals surface area contributed by atoms with Gasteiger partial charge in [0.05, 0.1) is 6.54 Å². The van der Waals surface area contributed by atoms with Crippen molar-refractivity contribution < 1.29 is 13.9 Å². The van der Waals surface area contributed by atoms with E-state index in [0.717, 1.165) is 56.1 Å². The summed E-state index contributed by atoms with van der Waals surface area (Å²) in [6.45, 7) is 5.97. The standard InChI is InChI=1S/C24H32FN5O2.HI/c1-2-27-24(28-15-19-4-3-5-22(14-19)32-17-23(26)31)29-21-10-12-30(13-11-21)16-18-6-8-20(25)9-7-18;/h3-9,14,21H,2,10-13,15-17H2,1H3,(H2,26,31)(H2,27,28,29);1H. The quantitative estimate of drug-likeness (QED) is 0.246. The number of rotatable bonds is 9. The molecule has 0 spiro atoms. The van der Waals surface area contributed by atoms with Crippen LogP contribution in [0.3, 0.4) is 0 Å².